The molecule has 0 bridgehead atoms. The molecule has 0 saturated heterocycles. The van der Waals surface area contributed by atoms with Crippen LogP contribution < -0.4 is 11.1 Å². The monoisotopic (exact) mass is 236 g/mol. The summed E-state index contributed by atoms with van der Waals surface area (Å²) < 4.78 is 6.53. The number of carbonyl (C=O) groups is 1. The van der Waals surface area contributed by atoms with Crippen molar-refractivity contribution in [2.75, 3.05) is 11.1 Å². The molecule has 17 heavy (non-hydrogen) atoms. The fourth-order valence-electron chi connectivity index (χ4n) is 1.39. The van der Waals surface area contributed by atoms with E-state index in [-0.39, 0.29) is 11.7 Å². The maximum atomic E-state index is 11.9. The van der Waals surface area contributed by atoms with Gasteiger partial charge in [-0.25, -0.2) is 0 Å². The third-order valence-corrected chi connectivity index (χ3v) is 2.13. The smallest absolute Gasteiger partial charge is 0.322 e. The molecular weight excluding hydrogens is 224 g/mol. The standard InChI is InChI=1S/C9H12N6O2/c1-3-15-7(6(10)4-11-15)8(16)12-9-14-13-5(2)17-9/h4H,3,10H2,1-2H3,(H,12,14,16). The number of amides is 1. The molecule has 0 aliphatic heterocycles. The van der Waals surface area contributed by atoms with Gasteiger partial charge >= 0.3 is 6.01 Å². The van der Waals surface area contributed by atoms with Crippen molar-refractivity contribution in [2.45, 2.75) is 20.4 Å². The fraction of sp³-hybridized carbons (Fsp3) is 0.333. The molecule has 2 rings (SSSR count). The van der Waals surface area contributed by atoms with Crippen molar-refractivity contribution in [3.63, 3.8) is 0 Å². The number of anilines is 2. The molecule has 2 aromatic rings. The molecule has 0 saturated carbocycles. The normalized spacial score (nSPS) is 10.5. The van der Waals surface area contributed by atoms with Crippen molar-refractivity contribution < 1.29 is 9.21 Å². The minimum atomic E-state index is -0.425. The zero-order chi connectivity index (χ0) is 12.4. The second-order valence-corrected chi connectivity index (χ2v) is 3.34. The second-order valence-electron chi connectivity index (χ2n) is 3.34. The zero-order valence-corrected chi connectivity index (χ0v) is 9.47. The summed E-state index contributed by atoms with van der Waals surface area (Å²) >= 11 is 0. The van der Waals surface area contributed by atoms with Gasteiger partial charge in [0.15, 0.2) is 0 Å². The summed E-state index contributed by atoms with van der Waals surface area (Å²) in [4.78, 5) is 11.9. The van der Waals surface area contributed by atoms with E-state index in [1.807, 2.05) is 6.92 Å². The van der Waals surface area contributed by atoms with Crippen molar-refractivity contribution in [3.8, 4) is 0 Å². The number of rotatable bonds is 3. The van der Waals surface area contributed by atoms with E-state index < -0.39 is 5.91 Å². The van der Waals surface area contributed by atoms with E-state index >= 15 is 0 Å². The average molecular weight is 236 g/mol. The third-order valence-electron chi connectivity index (χ3n) is 2.13. The highest BCUT2D eigenvalue weighted by Gasteiger charge is 2.18. The molecule has 1 amide bonds. The molecule has 0 spiro atoms. The molecule has 0 radical (unpaired) electrons. The van der Waals surface area contributed by atoms with Crippen LogP contribution in [0.1, 0.15) is 23.3 Å². The molecule has 0 aromatic carbocycles. The van der Waals surface area contributed by atoms with E-state index in [0.29, 0.717) is 18.1 Å². The summed E-state index contributed by atoms with van der Waals surface area (Å²) in [5.41, 5.74) is 6.25. The number of nitrogens with zero attached hydrogens (tertiary/aromatic N) is 4. The van der Waals surface area contributed by atoms with Crippen molar-refractivity contribution in [3.05, 3.63) is 17.8 Å². The van der Waals surface area contributed by atoms with Gasteiger partial charge in [0.2, 0.25) is 5.89 Å². The number of aromatic nitrogens is 4. The van der Waals surface area contributed by atoms with Crippen LogP contribution in [0, 0.1) is 6.92 Å². The number of hydrogen-bond donors (Lipinski definition) is 2. The zero-order valence-electron chi connectivity index (χ0n) is 9.47. The fourth-order valence-corrected chi connectivity index (χ4v) is 1.39. The van der Waals surface area contributed by atoms with Crippen molar-refractivity contribution in [2.24, 2.45) is 0 Å². The van der Waals surface area contributed by atoms with Crippen LogP contribution in [0.15, 0.2) is 10.6 Å². The van der Waals surface area contributed by atoms with E-state index in [1.54, 1.807) is 6.92 Å². The Morgan fingerprint density at radius 3 is 2.94 bits per heavy atom. The molecule has 3 N–H and O–H groups in total. The quantitative estimate of drug-likeness (QED) is 0.799. The summed E-state index contributed by atoms with van der Waals surface area (Å²) in [5.74, 6) is -0.0530. The Kier molecular flexibility index (Phi) is 2.77. The lowest BCUT2D eigenvalue weighted by atomic mass is 10.3. The molecule has 2 aromatic heterocycles. The van der Waals surface area contributed by atoms with Gasteiger partial charge in [0.25, 0.3) is 5.91 Å². The highest BCUT2D eigenvalue weighted by atomic mass is 16.4. The lowest BCUT2D eigenvalue weighted by Gasteiger charge is -2.04. The summed E-state index contributed by atoms with van der Waals surface area (Å²) in [6.07, 6.45) is 1.43. The van der Waals surface area contributed by atoms with Crippen molar-refractivity contribution >= 4 is 17.6 Å². The first-order valence-corrected chi connectivity index (χ1v) is 5.04. The Hall–Kier alpha value is -2.38. The van der Waals surface area contributed by atoms with Crippen LogP contribution in [0.5, 0.6) is 0 Å². The van der Waals surface area contributed by atoms with Gasteiger partial charge in [-0.3, -0.25) is 14.8 Å². The molecule has 0 atom stereocenters. The van der Waals surface area contributed by atoms with Crippen LogP contribution >= 0.6 is 0 Å². The predicted octanol–water partition coefficient (Wildman–Crippen LogP) is 0.429. The van der Waals surface area contributed by atoms with Crippen molar-refractivity contribution in [1.82, 2.24) is 20.0 Å². The van der Waals surface area contributed by atoms with Crippen LogP contribution in [-0.4, -0.2) is 25.9 Å². The van der Waals surface area contributed by atoms with Gasteiger partial charge in [-0.05, 0) is 6.92 Å². The van der Waals surface area contributed by atoms with Gasteiger partial charge < -0.3 is 10.2 Å². The molecule has 0 unspecified atom stereocenters. The number of nitrogens with one attached hydrogen (secondary N) is 1. The third kappa shape index (κ3) is 2.10. The first kappa shape index (κ1) is 11.1. The first-order valence-electron chi connectivity index (χ1n) is 5.04. The lowest BCUT2D eigenvalue weighted by Crippen LogP contribution is -2.19. The van der Waals surface area contributed by atoms with Crippen molar-refractivity contribution in [1.29, 1.82) is 0 Å². The SMILES string of the molecule is CCn1ncc(N)c1C(=O)Nc1nnc(C)o1. The van der Waals surface area contributed by atoms with Crippen LogP contribution in [0.2, 0.25) is 0 Å². The van der Waals surface area contributed by atoms with Gasteiger partial charge in [-0.2, -0.15) is 5.10 Å². The van der Waals surface area contributed by atoms with E-state index in [9.17, 15) is 4.79 Å². The van der Waals surface area contributed by atoms with Gasteiger partial charge in [-0.15, -0.1) is 5.10 Å². The molecule has 90 valence electrons. The van der Waals surface area contributed by atoms with Gasteiger partial charge in [-0.1, -0.05) is 5.10 Å². The maximum Gasteiger partial charge on any atom is 0.322 e. The molecular formula is C9H12N6O2. The molecule has 8 nitrogen and oxygen atoms in total. The summed E-state index contributed by atoms with van der Waals surface area (Å²) in [7, 11) is 0. The Morgan fingerprint density at radius 1 is 1.59 bits per heavy atom. The number of aryl methyl sites for hydroxylation is 2. The minimum Gasteiger partial charge on any atom is -0.408 e. The molecule has 0 fully saturated rings. The van der Waals surface area contributed by atoms with E-state index in [4.69, 9.17) is 10.2 Å². The average Bonchev–Trinajstić information content (AvgIpc) is 2.84. The maximum absolute atomic E-state index is 11.9. The van der Waals surface area contributed by atoms with Crippen LogP contribution in [0.4, 0.5) is 11.7 Å². The number of hydrogen-bond acceptors (Lipinski definition) is 6. The minimum absolute atomic E-state index is 0.0377. The summed E-state index contributed by atoms with van der Waals surface area (Å²) in [5, 5.41) is 13.7. The van der Waals surface area contributed by atoms with E-state index in [0.717, 1.165) is 0 Å². The summed E-state index contributed by atoms with van der Waals surface area (Å²) in [6.45, 7) is 4.04. The topological polar surface area (TPSA) is 112 Å². The van der Waals surface area contributed by atoms with Gasteiger partial charge in [0, 0.05) is 13.5 Å². The highest BCUT2D eigenvalue weighted by Crippen LogP contribution is 2.13. The van der Waals surface area contributed by atoms with Crippen LogP contribution in [0.3, 0.4) is 0 Å². The Labute approximate surface area is 96.8 Å². The molecule has 0 aliphatic carbocycles. The van der Waals surface area contributed by atoms with E-state index in [1.165, 1.54) is 10.9 Å². The Morgan fingerprint density at radius 2 is 2.35 bits per heavy atom. The molecule has 0 aliphatic rings. The van der Waals surface area contributed by atoms with E-state index in [2.05, 4.69) is 20.6 Å². The largest absolute Gasteiger partial charge is 0.408 e. The number of carbonyl (C=O) groups excluding carboxylic acids is 1. The first-order chi connectivity index (χ1) is 8.11. The predicted molar refractivity (Wildman–Crippen MR) is 59.3 cm³/mol. The molecule has 2 heterocycles. The summed E-state index contributed by atoms with van der Waals surface area (Å²) in [6, 6.07) is 0.0377. The van der Waals surface area contributed by atoms with Crippen LogP contribution in [0.25, 0.3) is 0 Å². The Bertz CT molecular complexity index is 543. The van der Waals surface area contributed by atoms with Gasteiger partial charge in [0.1, 0.15) is 5.69 Å². The lowest BCUT2D eigenvalue weighted by molar-refractivity contribution is 0.101. The number of nitrogen functional groups attached to an aromatic ring is 1. The van der Waals surface area contributed by atoms with Gasteiger partial charge in [0.05, 0.1) is 11.9 Å². The molecule has 8 heteroatoms. The number of nitrogens with two attached hydrogens (primary N) is 1. The Balaban J connectivity index is 2.22. The highest BCUT2D eigenvalue weighted by molar-refractivity contribution is 6.05. The van der Waals surface area contributed by atoms with Crippen LogP contribution in [-0.2, 0) is 6.54 Å². The second kappa shape index (κ2) is 4.24.